The first kappa shape index (κ1) is 22.6. The molecule has 0 aromatic carbocycles. The second-order valence-electron chi connectivity index (χ2n) is 9.54. The van der Waals surface area contributed by atoms with Gasteiger partial charge in [0.25, 0.3) is 0 Å². The average Bonchev–Trinajstić information content (AvgIpc) is 3.19. The predicted molar refractivity (Wildman–Crippen MR) is 128 cm³/mol. The molecule has 1 N–H and O–H groups in total. The van der Waals surface area contributed by atoms with Crippen LogP contribution in [-0.4, -0.2) is 88.8 Å². The maximum absolute atomic E-state index is 12.8. The van der Waals surface area contributed by atoms with E-state index in [1.807, 2.05) is 19.2 Å². The minimum Gasteiger partial charge on any atom is -0.351 e. The van der Waals surface area contributed by atoms with Crippen LogP contribution in [-0.2, 0) is 11.3 Å². The molecule has 0 aliphatic carbocycles. The van der Waals surface area contributed by atoms with Gasteiger partial charge in [0.15, 0.2) is 5.96 Å². The van der Waals surface area contributed by atoms with Crippen LogP contribution in [0.15, 0.2) is 29.4 Å². The van der Waals surface area contributed by atoms with Crippen molar-refractivity contribution in [1.29, 1.82) is 0 Å². The summed E-state index contributed by atoms with van der Waals surface area (Å²) in [4.78, 5) is 28.6. The number of piperazine rings is 1. The zero-order valence-electron chi connectivity index (χ0n) is 19.9. The molecule has 2 aliphatic rings. The molecule has 0 radical (unpaired) electrons. The van der Waals surface area contributed by atoms with E-state index in [2.05, 4.69) is 62.4 Å². The molecule has 8 heteroatoms. The lowest BCUT2D eigenvalue weighted by atomic mass is 9.92. The number of hydrogen-bond acceptors (Lipinski definition) is 4. The van der Waals surface area contributed by atoms with Gasteiger partial charge in [0, 0.05) is 58.2 Å². The Morgan fingerprint density at radius 3 is 2.50 bits per heavy atom. The lowest BCUT2D eigenvalue weighted by Gasteiger charge is -2.39. The maximum atomic E-state index is 12.8. The van der Waals surface area contributed by atoms with Gasteiger partial charge in [0.2, 0.25) is 5.91 Å². The Hall–Kier alpha value is -2.61. The van der Waals surface area contributed by atoms with E-state index in [9.17, 15) is 4.79 Å². The van der Waals surface area contributed by atoms with E-state index >= 15 is 0 Å². The first-order valence-electron chi connectivity index (χ1n) is 11.8. The van der Waals surface area contributed by atoms with Gasteiger partial charge in [0.1, 0.15) is 5.65 Å². The van der Waals surface area contributed by atoms with Crippen LogP contribution in [0.3, 0.4) is 0 Å². The summed E-state index contributed by atoms with van der Waals surface area (Å²) in [5.74, 6) is 2.38. The Morgan fingerprint density at radius 1 is 1.12 bits per heavy atom. The number of imidazole rings is 1. The van der Waals surface area contributed by atoms with Crippen molar-refractivity contribution in [3.63, 3.8) is 0 Å². The number of guanidine groups is 1. The van der Waals surface area contributed by atoms with Crippen LogP contribution in [0.1, 0.15) is 31.7 Å². The van der Waals surface area contributed by atoms with Crippen molar-refractivity contribution < 1.29 is 4.79 Å². The number of nitrogens with one attached hydrogen (secondary N) is 1. The van der Waals surface area contributed by atoms with Gasteiger partial charge in [0.05, 0.1) is 18.8 Å². The SMILES string of the molecule is CN=C(NCc1cn2c(C)cccc2n1)N1CCN(CC(=O)N2CC(C)CC(C)C2)CC1. The summed E-state index contributed by atoms with van der Waals surface area (Å²) in [6.07, 6.45) is 3.31. The number of carbonyl (C=O) groups is 1. The predicted octanol–water partition coefficient (Wildman–Crippen LogP) is 1.84. The zero-order chi connectivity index (χ0) is 22.7. The summed E-state index contributed by atoms with van der Waals surface area (Å²) < 4.78 is 2.11. The minimum absolute atomic E-state index is 0.279. The number of piperidine rings is 1. The highest BCUT2D eigenvalue weighted by atomic mass is 16.2. The molecule has 2 aromatic heterocycles. The molecule has 2 saturated heterocycles. The van der Waals surface area contributed by atoms with E-state index in [1.54, 1.807) is 0 Å². The summed E-state index contributed by atoms with van der Waals surface area (Å²) in [5, 5.41) is 3.46. The molecule has 1 amide bonds. The monoisotopic (exact) mass is 439 g/mol. The number of amides is 1. The van der Waals surface area contributed by atoms with Gasteiger partial charge in [-0.1, -0.05) is 19.9 Å². The van der Waals surface area contributed by atoms with Gasteiger partial charge >= 0.3 is 0 Å². The highest BCUT2D eigenvalue weighted by Gasteiger charge is 2.28. The van der Waals surface area contributed by atoms with Crippen LogP contribution in [0, 0.1) is 18.8 Å². The Balaban J connectivity index is 1.26. The van der Waals surface area contributed by atoms with Crippen LogP contribution in [0.4, 0.5) is 0 Å². The summed E-state index contributed by atoms with van der Waals surface area (Å²) in [7, 11) is 1.82. The Morgan fingerprint density at radius 2 is 1.84 bits per heavy atom. The van der Waals surface area contributed by atoms with Gasteiger partial charge in [-0.25, -0.2) is 4.98 Å². The largest absolute Gasteiger partial charge is 0.351 e. The molecule has 2 aromatic rings. The fourth-order valence-electron chi connectivity index (χ4n) is 5.06. The van der Waals surface area contributed by atoms with E-state index in [1.165, 1.54) is 12.1 Å². The first-order valence-corrected chi connectivity index (χ1v) is 11.8. The zero-order valence-corrected chi connectivity index (χ0v) is 19.9. The van der Waals surface area contributed by atoms with E-state index in [0.717, 1.165) is 56.6 Å². The quantitative estimate of drug-likeness (QED) is 0.582. The number of aromatic nitrogens is 2. The third kappa shape index (κ3) is 5.23. The standard InChI is InChI=1S/C24H37N7O/c1-18-12-19(2)15-30(14-18)23(32)17-28-8-10-29(11-9-28)24(25-4)26-13-21-16-31-20(3)6-5-7-22(31)27-21/h5-7,16,18-19H,8-15,17H2,1-4H3,(H,25,26). The molecule has 174 valence electrons. The minimum atomic E-state index is 0.279. The summed E-state index contributed by atoms with van der Waals surface area (Å²) in [6.45, 7) is 13.0. The summed E-state index contributed by atoms with van der Waals surface area (Å²) in [6, 6.07) is 6.14. The lowest BCUT2D eigenvalue weighted by molar-refractivity contribution is -0.135. The second-order valence-corrected chi connectivity index (χ2v) is 9.54. The van der Waals surface area contributed by atoms with Gasteiger partial charge < -0.3 is 19.5 Å². The number of rotatable bonds is 4. The van der Waals surface area contributed by atoms with Gasteiger partial charge in [-0.15, -0.1) is 0 Å². The van der Waals surface area contributed by atoms with Gasteiger partial charge in [-0.3, -0.25) is 14.7 Å². The maximum Gasteiger partial charge on any atom is 0.236 e. The van der Waals surface area contributed by atoms with Crippen LogP contribution < -0.4 is 5.32 Å². The number of fused-ring (bicyclic) bond motifs is 1. The fourth-order valence-corrected chi connectivity index (χ4v) is 5.06. The molecule has 0 bridgehead atoms. The van der Waals surface area contributed by atoms with E-state index in [0.29, 0.717) is 24.9 Å². The molecular weight excluding hydrogens is 402 g/mol. The van der Waals surface area contributed by atoms with Crippen molar-refractivity contribution in [3.8, 4) is 0 Å². The molecule has 0 saturated carbocycles. The van der Waals surface area contributed by atoms with E-state index < -0.39 is 0 Å². The molecule has 32 heavy (non-hydrogen) atoms. The molecule has 2 unspecified atom stereocenters. The van der Waals surface area contributed by atoms with Crippen molar-refractivity contribution in [2.75, 3.05) is 52.9 Å². The normalized spacial score (nSPS) is 23.1. The Kier molecular flexibility index (Phi) is 6.98. The number of aliphatic imine (C=N–C) groups is 1. The van der Waals surface area contributed by atoms with Crippen molar-refractivity contribution >= 4 is 17.5 Å². The molecule has 2 aliphatic heterocycles. The molecule has 4 heterocycles. The third-order valence-corrected chi connectivity index (χ3v) is 6.64. The third-order valence-electron chi connectivity index (χ3n) is 6.64. The molecule has 2 atom stereocenters. The second kappa shape index (κ2) is 9.90. The smallest absolute Gasteiger partial charge is 0.236 e. The number of carbonyl (C=O) groups excluding carboxylic acids is 1. The van der Waals surface area contributed by atoms with E-state index in [4.69, 9.17) is 4.98 Å². The summed E-state index contributed by atoms with van der Waals surface area (Å²) >= 11 is 0. The van der Waals surface area contributed by atoms with Crippen molar-refractivity contribution in [1.82, 2.24) is 29.4 Å². The molecule has 8 nitrogen and oxygen atoms in total. The number of nitrogens with zero attached hydrogens (tertiary/aromatic N) is 6. The highest BCUT2D eigenvalue weighted by molar-refractivity contribution is 5.80. The van der Waals surface area contributed by atoms with Gasteiger partial charge in [-0.05, 0) is 37.3 Å². The van der Waals surface area contributed by atoms with Crippen LogP contribution in [0.5, 0.6) is 0 Å². The molecule has 0 spiro atoms. The molecule has 2 fully saturated rings. The molecular formula is C24H37N7O. The van der Waals surface area contributed by atoms with Gasteiger partial charge in [-0.2, -0.15) is 0 Å². The average molecular weight is 440 g/mol. The Labute approximate surface area is 191 Å². The van der Waals surface area contributed by atoms with Crippen molar-refractivity contribution in [2.24, 2.45) is 16.8 Å². The van der Waals surface area contributed by atoms with Crippen molar-refractivity contribution in [3.05, 3.63) is 35.8 Å². The van der Waals surface area contributed by atoms with Crippen LogP contribution in [0.2, 0.25) is 0 Å². The van der Waals surface area contributed by atoms with Crippen molar-refractivity contribution in [2.45, 2.75) is 33.7 Å². The first-order chi connectivity index (χ1) is 15.4. The number of aryl methyl sites for hydroxylation is 1. The summed E-state index contributed by atoms with van der Waals surface area (Å²) in [5.41, 5.74) is 3.13. The Bertz CT molecular complexity index is 950. The van der Waals surface area contributed by atoms with Crippen LogP contribution in [0.25, 0.3) is 5.65 Å². The highest BCUT2D eigenvalue weighted by Crippen LogP contribution is 2.21. The number of hydrogen-bond donors (Lipinski definition) is 1. The number of pyridine rings is 1. The van der Waals surface area contributed by atoms with Crippen LogP contribution >= 0.6 is 0 Å². The van der Waals surface area contributed by atoms with E-state index in [-0.39, 0.29) is 5.91 Å². The molecule has 4 rings (SSSR count). The topological polar surface area (TPSA) is 68.5 Å². The lowest BCUT2D eigenvalue weighted by Crippen LogP contribution is -2.55. The number of likely N-dealkylation sites (tertiary alicyclic amines) is 1. The fraction of sp³-hybridized carbons (Fsp3) is 0.625.